The Bertz CT molecular complexity index is 513. The Hall–Kier alpha value is -1.13. The van der Waals surface area contributed by atoms with E-state index in [9.17, 15) is 0 Å². The minimum absolute atomic E-state index is 0.194. The van der Waals surface area contributed by atoms with Crippen LogP contribution in [0.4, 0.5) is 0 Å². The van der Waals surface area contributed by atoms with Crippen LogP contribution in [0.2, 0.25) is 0 Å². The molecule has 0 aliphatic carbocycles. The van der Waals surface area contributed by atoms with Gasteiger partial charge < -0.3 is 5.32 Å². The number of aryl methyl sites for hydroxylation is 2. The maximum Gasteiger partial charge on any atom is 0.0608 e. The van der Waals surface area contributed by atoms with Gasteiger partial charge in [0, 0.05) is 23.3 Å². The van der Waals surface area contributed by atoms with Crippen LogP contribution in [-0.2, 0) is 7.05 Å². The molecule has 0 bridgehead atoms. The highest BCUT2D eigenvalue weighted by Crippen LogP contribution is 2.25. The maximum atomic E-state index is 4.26. The number of rotatable bonds is 4. The van der Waals surface area contributed by atoms with E-state index in [1.54, 1.807) is 0 Å². The number of nitrogens with zero attached hydrogens (tertiary/aromatic N) is 2. The van der Waals surface area contributed by atoms with Gasteiger partial charge in [0.2, 0.25) is 0 Å². The van der Waals surface area contributed by atoms with Crippen LogP contribution in [0.25, 0.3) is 0 Å². The Balaban J connectivity index is 2.40. The fourth-order valence-corrected chi connectivity index (χ4v) is 2.78. The number of halogens is 1. The average Bonchev–Trinajstić information content (AvgIpc) is 2.71. The summed E-state index contributed by atoms with van der Waals surface area (Å²) in [6.07, 6.45) is 3.98. The third-order valence-electron chi connectivity index (χ3n) is 2.86. The predicted octanol–water partition coefficient (Wildman–Crippen LogP) is 3.19. The summed E-state index contributed by atoms with van der Waals surface area (Å²) in [4.78, 5) is 0. The van der Waals surface area contributed by atoms with Crippen molar-refractivity contribution < 1.29 is 0 Å². The van der Waals surface area contributed by atoms with Gasteiger partial charge in [-0.25, -0.2) is 0 Å². The topological polar surface area (TPSA) is 29.9 Å². The first-order valence-electron chi connectivity index (χ1n) is 6.09. The fraction of sp³-hybridized carbons (Fsp3) is 0.357. The molecule has 96 valence electrons. The largest absolute Gasteiger partial charge is 0.306 e. The molecule has 0 aliphatic heterocycles. The molecule has 0 saturated heterocycles. The van der Waals surface area contributed by atoms with E-state index in [0.29, 0.717) is 0 Å². The zero-order valence-corrected chi connectivity index (χ0v) is 12.5. The van der Waals surface area contributed by atoms with Gasteiger partial charge in [0.1, 0.15) is 0 Å². The van der Waals surface area contributed by atoms with Gasteiger partial charge in [-0.05, 0) is 36.7 Å². The SMILES string of the molecule is CCNC(c1cc(C)cc(Br)c1)c1cnn(C)c1. The van der Waals surface area contributed by atoms with Crippen molar-refractivity contribution in [1.29, 1.82) is 0 Å². The van der Waals surface area contributed by atoms with E-state index in [1.165, 1.54) is 16.7 Å². The smallest absolute Gasteiger partial charge is 0.0608 e. The molecule has 4 heteroatoms. The average molecular weight is 308 g/mol. The summed E-state index contributed by atoms with van der Waals surface area (Å²) in [6.45, 7) is 5.15. The van der Waals surface area contributed by atoms with Crippen molar-refractivity contribution in [3.63, 3.8) is 0 Å². The van der Waals surface area contributed by atoms with Crippen LogP contribution in [0.1, 0.15) is 29.7 Å². The quantitative estimate of drug-likeness (QED) is 0.940. The molecule has 0 saturated carbocycles. The van der Waals surface area contributed by atoms with Crippen molar-refractivity contribution in [2.45, 2.75) is 19.9 Å². The first kappa shape index (κ1) is 13.3. The zero-order chi connectivity index (χ0) is 13.1. The van der Waals surface area contributed by atoms with Gasteiger partial charge in [-0.1, -0.05) is 28.9 Å². The fourth-order valence-electron chi connectivity index (χ4n) is 2.15. The standard InChI is InChI=1S/C14H18BrN3/c1-4-16-14(12-8-17-18(3)9-12)11-5-10(2)6-13(15)7-11/h5-9,14,16H,4H2,1-3H3. The van der Waals surface area contributed by atoms with E-state index in [2.05, 4.69) is 64.6 Å². The van der Waals surface area contributed by atoms with Crippen LogP contribution in [0, 0.1) is 6.92 Å². The molecule has 18 heavy (non-hydrogen) atoms. The van der Waals surface area contributed by atoms with Crippen LogP contribution in [0.3, 0.4) is 0 Å². The lowest BCUT2D eigenvalue weighted by molar-refractivity contribution is 0.629. The number of hydrogen-bond donors (Lipinski definition) is 1. The summed E-state index contributed by atoms with van der Waals surface area (Å²) in [5.41, 5.74) is 3.71. The van der Waals surface area contributed by atoms with E-state index in [0.717, 1.165) is 11.0 Å². The van der Waals surface area contributed by atoms with Gasteiger partial charge in [0.15, 0.2) is 0 Å². The lowest BCUT2D eigenvalue weighted by Gasteiger charge is -2.18. The van der Waals surface area contributed by atoms with Gasteiger partial charge in [0.25, 0.3) is 0 Å². The first-order chi connectivity index (χ1) is 8.60. The van der Waals surface area contributed by atoms with Crippen LogP contribution < -0.4 is 5.32 Å². The Morgan fingerprint density at radius 2 is 2.11 bits per heavy atom. The summed E-state index contributed by atoms with van der Waals surface area (Å²) in [7, 11) is 1.94. The Labute approximate surface area is 116 Å². The van der Waals surface area contributed by atoms with Crippen LogP contribution in [0.15, 0.2) is 35.1 Å². The molecule has 2 aromatic rings. The van der Waals surface area contributed by atoms with Crippen molar-refractivity contribution >= 4 is 15.9 Å². The Kier molecular flexibility index (Phi) is 4.19. The third kappa shape index (κ3) is 3.00. The molecule has 1 atom stereocenters. The summed E-state index contributed by atoms with van der Waals surface area (Å²) >= 11 is 3.56. The molecule has 1 unspecified atom stereocenters. The number of aromatic nitrogens is 2. The second-order valence-electron chi connectivity index (χ2n) is 4.50. The molecular weight excluding hydrogens is 290 g/mol. The number of benzene rings is 1. The van der Waals surface area contributed by atoms with Crippen LogP contribution in [-0.4, -0.2) is 16.3 Å². The summed E-state index contributed by atoms with van der Waals surface area (Å²) in [6, 6.07) is 6.69. The summed E-state index contributed by atoms with van der Waals surface area (Å²) in [5.74, 6) is 0. The van der Waals surface area contributed by atoms with E-state index in [4.69, 9.17) is 0 Å². The monoisotopic (exact) mass is 307 g/mol. The van der Waals surface area contributed by atoms with E-state index in [-0.39, 0.29) is 6.04 Å². The van der Waals surface area contributed by atoms with E-state index in [1.807, 2.05) is 17.9 Å². The van der Waals surface area contributed by atoms with Gasteiger partial charge in [-0.2, -0.15) is 5.10 Å². The van der Waals surface area contributed by atoms with Crippen LogP contribution in [0.5, 0.6) is 0 Å². The summed E-state index contributed by atoms with van der Waals surface area (Å²) < 4.78 is 2.95. The molecule has 0 spiro atoms. The predicted molar refractivity (Wildman–Crippen MR) is 77.6 cm³/mol. The lowest BCUT2D eigenvalue weighted by atomic mass is 10.00. The molecule has 1 aromatic heterocycles. The van der Waals surface area contributed by atoms with Crippen molar-refractivity contribution in [1.82, 2.24) is 15.1 Å². The highest BCUT2D eigenvalue weighted by molar-refractivity contribution is 9.10. The second-order valence-corrected chi connectivity index (χ2v) is 5.42. The first-order valence-corrected chi connectivity index (χ1v) is 6.88. The molecule has 2 rings (SSSR count). The molecule has 0 fully saturated rings. The van der Waals surface area contributed by atoms with Gasteiger partial charge in [-0.3, -0.25) is 4.68 Å². The number of nitrogens with one attached hydrogen (secondary N) is 1. The van der Waals surface area contributed by atoms with Gasteiger partial charge in [0.05, 0.1) is 12.2 Å². The van der Waals surface area contributed by atoms with E-state index < -0.39 is 0 Å². The van der Waals surface area contributed by atoms with Crippen molar-refractivity contribution in [3.8, 4) is 0 Å². The maximum absolute atomic E-state index is 4.26. The normalized spacial score (nSPS) is 12.7. The van der Waals surface area contributed by atoms with Crippen molar-refractivity contribution in [2.24, 2.45) is 7.05 Å². The van der Waals surface area contributed by atoms with Gasteiger partial charge in [-0.15, -0.1) is 0 Å². The Morgan fingerprint density at radius 1 is 1.33 bits per heavy atom. The highest BCUT2D eigenvalue weighted by Gasteiger charge is 2.15. The lowest BCUT2D eigenvalue weighted by Crippen LogP contribution is -2.21. The van der Waals surface area contributed by atoms with Gasteiger partial charge >= 0.3 is 0 Å². The molecule has 0 amide bonds. The van der Waals surface area contributed by atoms with Crippen LogP contribution >= 0.6 is 15.9 Å². The van der Waals surface area contributed by atoms with Crippen molar-refractivity contribution in [3.05, 3.63) is 51.8 Å². The molecule has 1 N–H and O–H groups in total. The minimum atomic E-state index is 0.194. The summed E-state index contributed by atoms with van der Waals surface area (Å²) in [5, 5.41) is 7.76. The third-order valence-corrected chi connectivity index (χ3v) is 3.32. The molecule has 0 aliphatic rings. The molecule has 0 radical (unpaired) electrons. The Morgan fingerprint density at radius 3 is 2.67 bits per heavy atom. The molecule has 3 nitrogen and oxygen atoms in total. The second kappa shape index (κ2) is 5.67. The molecular formula is C14H18BrN3. The van der Waals surface area contributed by atoms with E-state index >= 15 is 0 Å². The molecule has 1 aromatic carbocycles. The highest BCUT2D eigenvalue weighted by atomic mass is 79.9. The number of hydrogen-bond acceptors (Lipinski definition) is 2. The zero-order valence-electron chi connectivity index (χ0n) is 10.9. The molecule has 1 heterocycles. The minimum Gasteiger partial charge on any atom is -0.306 e. The van der Waals surface area contributed by atoms with Crippen molar-refractivity contribution in [2.75, 3.05) is 6.54 Å².